The van der Waals surface area contributed by atoms with Crippen molar-refractivity contribution in [1.29, 1.82) is 0 Å². The summed E-state index contributed by atoms with van der Waals surface area (Å²) in [7, 11) is 0. The van der Waals surface area contributed by atoms with E-state index in [0.29, 0.717) is 23.0 Å². The number of amides is 1. The summed E-state index contributed by atoms with van der Waals surface area (Å²) in [6.07, 6.45) is -4.86. The Hall–Kier alpha value is -3.64. The fourth-order valence-electron chi connectivity index (χ4n) is 2.91. The highest BCUT2D eigenvalue weighted by atomic mass is 19.4. The quantitative estimate of drug-likeness (QED) is 0.451. The lowest BCUT2D eigenvalue weighted by Gasteiger charge is -2.10. The van der Waals surface area contributed by atoms with Crippen molar-refractivity contribution in [3.8, 4) is 0 Å². The zero-order chi connectivity index (χ0) is 23.6. The first-order valence-electron chi connectivity index (χ1n) is 9.16. The lowest BCUT2D eigenvalue weighted by Crippen LogP contribution is -2.21. The first-order valence-corrected chi connectivity index (χ1v) is 9.16. The topological polar surface area (TPSA) is 98.5 Å². The Kier molecular flexibility index (Phi) is 6.37. The van der Waals surface area contributed by atoms with E-state index in [-0.39, 0.29) is 24.3 Å². The maximum Gasteiger partial charge on any atom is 0.453 e. The highest BCUT2D eigenvalue weighted by Crippen LogP contribution is 2.27. The van der Waals surface area contributed by atoms with Gasteiger partial charge in [0.05, 0.1) is 5.69 Å². The first kappa shape index (κ1) is 23.0. The number of aromatic nitrogens is 4. The van der Waals surface area contributed by atoms with Crippen LogP contribution in [-0.2, 0) is 26.9 Å². The average Bonchev–Trinajstić information content (AvgIpc) is 3.13. The number of fused-ring (bicyclic) bond motifs is 1. The lowest BCUT2D eigenvalue weighted by molar-refractivity contribution is -0.147. The van der Waals surface area contributed by atoms with Crippen molar-refractivity contribution in [3.63, 3.8) is 0 Å². The molecule has 1 aromatic carbocycles. The molecule has 170 valence electrons. The van der Waals surface area contributed by atoms with Crippen LogP contribution in [0.5, 0.6) is 0 Å². The Morgan fingerprint density at radius 3 is 2.53 bits per heavy atom. The van der Waals surface area contributed by atoms with Crippen LogP contribution in [0, 0.1) is 25.5 Å². The summed E-state index contributed by atoms with van der Waals surface area (Å²) in [6, 6.07) is 2.56. The van der Waals surface area contributed by atoms with E-state index in [4.69, 9.17) is 4.74 Å². The summed E-state index contributed by atoms with van der Waals surface area (Å²) in [6.45, 7) is 2.37. The summed E-state index contributed by atoms with van der Waals surface area (Å²) in [4.78, 5) is 31.1. The third kappa shape index (κ3) is 5.15. The molecule has 2 heterocycles. The van der Waals surface area contributed by atoms with E-state index >= 15 is 0 Å². The van der Waals surface area contributed by atoms with Crippen LogP contribution < -0.4 is 5.32 Å². The van der Waals surface area contributed by atoms with Crippen molar-refractivity contribution in [2.24, 2.45) is 0 Å². The molecule has 0 aliphatic rings. The fraction of sp³-hybridized carbons (Fsp3) is 0.316. The molecule has 0 aliphatic heterocycles. The molecule has 0 unspecified atom stereocenters. The predicted molar refractivity (Wildman–Crippen MR) is 99.5 cm³/mol. The number of alkyl halides is 3. The predicted octanol–water partition coefficient (Wildman–Crippen LogP) is 3.15. The van der Waals surface area contributed by atoms with Gasteiger partial charge >= 0.3 is 12.1 Å². The van der Waals surface area contributed by atoms with Crippen molar-refractivity contribution in [1.82, 2.24) is 19.6 Å². The number of carbonyl (C=O) groups is 2. The van der Waals surface area contributed by atoms with Crippen LogP contribution in [0.3, 0.4) is 0 Å². The second-order valence-electron chi connectivity index (χ2n) is 6.74. The molecule has 3 rings (SSSR count). The van der Waals surface area contributed by atoms with Crippen LogP contribution in [0.2, 0.25) is 0 Å². The van der Waals surface area contributed by atoms with Gasteiger partial charge in [-0.05, 0) is 38.0 Å². The molecule has 0 radical (unpaired) electrons. The van der Waals surface area contributed by atoms with Gasteiger partial charge in [0, 0.05) is 23.9 Å². The minimum atomic E-state index is -4.73. The molecule has 8 nitrogen and oxygen atoms in total. The number of halogens is 5. The monoisotopic (exact) mass is 457 g/mol. The molecule has 1 N–H and O–H groups in total. The van der Waals surface area contributed by atoms with Crippen molar-refractivity contribution in [3.05, 3.63) is 52.6 Å². The van der Waals surface area contributed by atoms with Gasteiger partial charge in [0.15, 0.2) is 6.61 Å². The van der Waals surface area contributed by atoms with E-state index in [1.165, 1.54) is 6.92 Å². The molecule has 0 atom stereocenters. The largest absolute Gasteiger partial charge is 0.456 e. The zero-order valence-corrected chi connectivity index (χ0v) is 16.8. The van der Waals surface area contributed by atoms with Crippen LogP contribution in [0.15, 0.2) is 18.2 Å². The molecule has 13 heteroatoms. The lowest BCUT2D eigenvalue weighted by atomic mass is 10.1. The minimum Gasteiger partial charge on any atom is -0.456 e. The maximum atomic E-state index is 13.5. The van der Waals surface area contributed by atoms with Crippen LogP contribution in [0.1, 0.15) is 29.2 Å². The Bertz CT molecular complexity index is 1190. The van der Waals surface area contributed by atoms with Crippen molar-refractivity contribution < 1.29 is 36.3 Å². The number of hydrogen-bond acceptors (Lipinski definition) is 6. The maximum absolute atomic E-state index is 13.5. The summed E-state index contributed by atoms with van der Waals surface area (Å²) in [5, 5.41) is 5.56. The normalized spacial score (nSPS) is 11.6. The summed E-state index contributed by atoms with van der Waals surface area (Å²) in [5.41, 5.74) is 0.899. The summed E-state index contributed by atoms with van der Waals surface area (Å²) >= 11 is 0. The second kappa shape index (κ2) is 8.85. The number of nitrogens with one attached hydrogen (secondary N) is 1. The van der Waals surface area contributed by atoms with Gasteiger partial charge in [0.25, 0.3) is 17.5 Å². The average molecular weight is 457 g/mol. The SMILES string of the molecule is Cc1nc2nc(C(F)(F)F)nn2c(C)c1CCC(=O)OCC(=O)Nc1ccc(F)cc1F. The molecule has 0 fully saturated rings. The van der Waals surface area contributed by atoms with E-state index in [1.54, 1.807) is 6.92 Å². The number of esters is 1. The summed E-state index contributed by atoms with van der Waals surface area (Å²) in [5.74, 6) is -4.95. The third-order valence-electron chi connectivity index (χ3n) is 4.45. The molecule has 1 amide bonds. The van der Waals surface area contributed by atoms with Crippen LogP contribution >= 0.6 is 0 Å². The van der Waals surface area contributed by atoms with Gasteiger partial charge in [0.2, 0.25) is 0 Å². The molecule has 0 saturated carbocycles. The van der Waals surface area contributed by atoms with Gasteiger partial charge in [-0.3, -0.25) is 9.59 Å². The molecule has 3 aromatic rings. The number of anilines is 1. The molecule has 0 saturated heterocycles. The molecule has 0 spiro atoms. The molecule has 0 bridgehead atoms. The molecular weight excluding hydrogens is 441 g/mol. The standard InChI is InChI=1S/C19H16F5N5O3/c1-9-12(10(2)29-18(25-9)27-17(28-29)19(22,23)24)4-6-16(31)32-8-15(30)26-14-5-3-11(20)7-13(14)21/h3,5,7H,4,6,8H2,1-2H3,(H,26,30). The van der Waals surface area contributed by atoms with E-state index in [0.717, 1.165) is 16.6 Å². The van der Waals surface area contributed by atoms with Gasteiger partial charge in [-0.15, -0.1) is 5.10 Å². The third-order valence-corrected chi connectivity index (χ3v) is 4.45. The molecule has 32 heavy (non-hydrogen) atoms. The van der Waals surface area contributed by atoms with Gasteiger partial charge < -0.3 is 10.1 Å². The van der Waals surface area contributed by atoms with Gasteiger partial charge in [-0.25, -0.2) is 18.3 Å². The van der Waals surface area contributed by atoms with E-state index < -0.39 is 42.1 Å². The zero-order valence-electron chi connectivity index (χ0n) is 16.8. The smallest absolute Gasteiger partial charge is 0.453 e. The van der Waals surface area contributed by atoms with Crippen molar-refractivity contribution >= 4 is 23.3 Å². The molecule has 0 aliphatic carbocycles. The van der Waals surface area contributed by atoms with Crippen molar-refractivity contribution in [2.45, 2.75) is 32.9 Å². The van der Waals surface area contributed by atoms with Gasteiger partial charge in [-0.2, -0.15) is 18.2 Å². The molecule has 2 aromatic heterocycles. The highest BCUT2D eigenvalue weighted by molar-refractivity contribution is 5.92. The summed E-state index contributed by atoms with van der Waals surface area (Å²) < 4.78 is 70.7. The van der Waals surface area contributed by atoms with Crippen LogP contribution in [-0.4, -0.2) is 38.1 Å². The van der Waals surface area contributed by atoms with Crippen LogP contribution in [0.25, 0.3) is 5.78 Å². The molecular formula is C19H16F5N5O3. The fourth-order valence-corrected chi connectivity index (χ4v) is 2.91. The van der Waals surface area contributed by atoms with Gasteiger partial charge in [-0.1, -0.05) is 0 Å². The van der Waals surface area contributed by atoms with E-state index in [2.05, 4.69) is 20.4 Å². The second-order valence-corrected chi connectivity index (χ2v) is 6.74. The Labute approximate surface area is 177 Å². The first-order chi connectivity index (χ1) is 15.0. The Balaban J connectivity index is 1.60. The number of nitrogens with zero attached hydrogens (tertiary/aromatic N) is 4. The number of benzene rings is 1. The Morgan fingerprint density at radius 1 is 1.16 bits per heavy atom. The van der Waals surface area contributed by atoms with Crippen molar-refractivity contribution in [2.75, 3.05) is 11.9 Å². The number of hydrogen-bond donors (Lipinski definition) is 1. The van der Waals surface area contributed by atoms with Gasteiger partial charge in [0.1, 0.15) is 11.6 Å². The number of ether oxygens (including phenoxy) is 1. The van der Waals surface area contributed by atoms with E-state index in [1.807, 2.05) is 0 Å². The number of rotatable bonds is 6. The highest BCUT2D eigenvalue weighted by Gasteiger charge is 2.37. The van der Waals surface area contributed by atoms with Crippen LogP contribution in [0.4, 0.5) is 27.6 Å². The number of carbonyl (C=O) groups excluding carboxylic acids is 2. The minimum absolute atomic E-state index is 0.0643. The Morgan fingerprint density at radius 2 is 1.88 bits per heavy atom. The van der Waals surface area contributed by atoms with E-state index in [9.17, 15) is 31.5 Å². The number of aryl methyl sites for hydroxylation is 2.